The van der Waals surface area contributed by atoms with Crippen LogP contribution in [0.5, 0.6) is 0 Å². The van der Waals surface area contributed by atoms with Gasteiger partial charge in [0.1, 0.15) is 0 Å². The normalized spacial score (nSPS) is 9.67. The van der Waals surface area contributed by atoms with Crippen LogP contribution in [0.3, 0.4) is 0 Å². The van der Waals surface area contributed by atoms with Crippen molar-refractivity contribution in [2.24, 2.45) is 0 Å². The third-order valence-corrected chi connectivity index (χ3v) is 0. The molecule has 0 atom stereocenters. The summed E-state index contributed by atoms with van der Waals surface area (Å²) in [4.78, 5) is 0. The molecule has 0 saturated carbocycles. The Morgan fingerprint density at radius 3 is 1.50 bits per heavy atom. The van der Waals surface area contributed by atoms with E-state index in [9.17, 15) is 8.42 Å². The van der Waals surface area contributed by atoms with Gasteiger partial charge in [0.2, 0.25) is 0 Å². The zero-order valence-corrected chi connectivity index (χ0v) is 6.83. The van der Waals surface area contributed by atoms with Gasteiger partial charge in [-0.05, 0) is 0 Å². The van der Waals surface area contributed by atoms with Gasteiger partial charge in [-0.1, -0.05) is 0 Å². The van der Waals surface area contributed by atoms with E-state index in [2.05, 4.69) is 0 Å². The monoisotopic (exact) mass is 280 g/mol. The molecular formula is CH4O3SW. The molecule has 3 nitrogen and oxygen atoms in total. The molecule has 0 radical (unpaired) electrons. The first-order chi connectivity index (χ1) is 2.00. The molecule has 0 aromatic heterocycles. The average Bonchev–Trinajstić information content (AvgIpc) is 0.722. The number of hydrogen-bond donors (Lipinski definition) is 1. The van der Waals surface area contributed by atoms with Crippen molar-refractivity contribution in [3.05, 3.63) is 0 Å². The molecule has 1 N–H and O–H groups in total. The molecule has 0 aliphatic carbocycles. The molecule has 0 rings (SSSR count). The van der Waals surface area contributed by atoms with Crippen molar-refractivity contribution >= 4 is 10.1 Å². The summed E-state index contributed by atoms with van der Waals surface area (Å²) < 4.78 is 25.9. The molecule has 0 bridgehead atoms. The van der Waals surface area contributed by atoms with E-state index in [4.69, 9.17) is 4.55 Å². The molecule has 0 fully saturated rings. The Bertz CT molecular complexity index is 94.0. The summed E-state index contributed by atoms with van der Waals surface area (Å²) in [6.07, 6.45) is 0.715. The predicted octanol–water partition coefficient (Wildman–Crippen LogP) is -0.498. The Morgan fingerprint density at radius 1 is 1.50 bits per heavy atom. The summed E-state index contributed by atoms with van der Waals surface area (Å²) in [5.41, 5.74) is 0. The minimum atomic E-state index is -3.67. The van der Waals surface area contributed by atoms with Gasteiger partial charge in [-0.25, -0.2) is 0 Å². The van der Waals surface area contributed by atoms with E-state index in [1.54, 1.807) is 0 Å². The van der Waals surface area contributed by atoms with Gasteiger partial charge in [0.15, 0.2) is 0 Å². The third-order valence-electron chi connectivity index (χ3n) is 0. The van der Waals surface area contributed by atoms with Gasteiger partial charge in [0, 0.05) is 21.1 Å². The standard InChI is InChI=1S/CH4O3S.W/c1-5(2,3)4;/h1H3,(H,2,3,4);. The first-order valence-corrected chi connectivity index (χ1v) is 2.77. The molecule has 0 spiro atoms. The molecule has 0 aromatic carbocycles. The fraction of sp³-hybridized carbons (Fsp3) is 1.00. The van der Waals surface area contributed by atoms with Gasteiger partial charge in [-0.3, -0.25) is 4.55 Å². The van der Waals surface area contributed by atoms with Gasteiger partial charge in [0.05, 0.1) is 6.26 Å². The summed E-state index contributed by atoms with van der Waals surface area (Å²) in [5.74, 6) is 0. The minimum Gasteiger partial charge on any atom is -0.286 e. The quantitative estimate of drug-likeness (QED) is 0.609. The topological polar surface area (TPSA) is 54.4 Å². The molecule has 0 aromatic rings. The van der Waals surface area contributed by atoms with Crippen molar-refractivity contribution in [2.45, 2.75) is 0 Å². The van der Waals surface area contributed by atoms with Crippen LogP contribution >= 0.6 is 0 Å². The smallest absolute Gasteiger partial charge is 0.261 e. The summed E-state index contributed by atoms with van der Waals surface area (Å²) in [6.45, 7) is 0. The Hall–Kier alpha value is 0.598. The number of hydrogen-bond acceptors (Lipinski definition) is 2. The first kappa shape index (κ1) is 9.78. The molecule has 0 aliphatic rings. The van der Waals surface area contributed by atoms with Gasteiger partial charge in [-0.2, -0.15) is 8.42 Å². The predicted molar refractivity (Wildman–Crippen MR) is 17.5 cm³/mol. The third kappa shape index (κ3) is 166. The van der Waals surface area contributed by atoms with Gasteiger partial charge >= 0.3 is 0 Å². The van der Waals surface area contributed by atoms with Crippen LogP contribution < -0.4 is 0 Å². The average molecular weight is 280 g/mol. The number of rotatable bonds is 0. The largest absolute Gasteiger partial charge is 0.286 e. The second kappa shape index (κ2) is 2.72. The van der Waals surface area contributed by atoms with E-state index in [0.29, 0.717) is 6.26 Å². The second-order valence-corrected chi connectivity index (χ2v) is 2.20. The van der Waals surface area contributed by atoms with Crippen LogP contribution in [-0.4, -0.2) is 19.2 Å². The van der Waals surface area contributed by atoms with E-state index < -0.39 is 10.1 Å². The summed E-state index contributed by atoms with van der Waals surface area (Å²) in [5, 5.41) is 0. The van der Waals surface area contributed by atoms with Crippen LogP contribution in [0.25, 0.3) is 0 Å². The van der Waals surface area contributed by atoms with Crippen molar-refractivity contribution in [3.63, 3.8) is 0 Å². The molecule has 0 aliphatic heterocycles. The molecule has 0 saturated heterocycles. The molecular weight excluding hydrogens is 276 g/mol. The SMILES string of the molecule is CS(=O)(=O)O.[W]. The fourth-order valence-corrected chi connectivity index (χ4v) is 0. The van der Waals surface area contributed by atoms with E-state index in [1.807, 2.05) is 0 Å². The van der Waals surface area contributed by atoms with Crippen LogP contribution in [0.4, 0.5) is 0 Å². The van der Waals surface area contributed by atoms with Crippen LogP contribution in [0, 0.1) is 0 Å². The Balaban J connectivity index is 0. The van der Waals surface area contributed by atoms with Gasteiger partial charge in [0.25, 0.3) is 10.1 Å². The van der Waals surface area contributed by atoms with Gasteiger partial charge in [-0.15, -0.1) is 0 Å². The maximum atomic E-state index is 9.19. The van der Waals surface area contributed by atoms with Gasteiger partial charge < -0.3 is 0 Å². The molecule has 6 heavy (non-hydrogen) atoms. The van der Waals surface area contributed by atoms with E-state index >= 15 is 0 Å². The zero-order chi connectivity index (χ0) is 4.50. The Morgan fingerprint density at radius 2 is 1.50 bits per heavy atom. The van der Waals surface area contributed by atoms with Crippen LogP contribution in [0.1, 0.15) is 0 Å². The fourth-order valence-electron chi connectivity index (χ4n) is 0. The van der Waals surface area contributed by atoms with E-state index in [-0.39, 0.29) is 21.1 Å². The van der Waals surface area contributed by atoms with Crippen LogP contribution in [0.2, 0.25) is 0 Å². The summed E-state index contributed by atoms with van der Waals surface area (Å²) >= 11 is 0. The van der Waals surface area contributed by atoms with Crippen LogP contribution in [0.15, 0.2) is 0 Å². The molecule has 0 unspecified atom stereocenters. The summed E-state index contributed by atoms with van der Waals surface area (Å²) in [6, 6.07) is 0. The van der Waals surface area contributed by atoms with Crippen molar-refractivity contribution in [1.82, 2.24) is 0 Å². The van der Waals surface area contributed by atoms with Crippen molar-refractivity contribution in [2.75, 3.05) is 6.26 Å². The van der Waals surface area contributed by atoms with Crippen molar-refractivity contribution in [1.29, 1.82) is 0 Å². The van der Waals surface area contributed by atoms with E-state index in [1.165, 1.54) is 0 Å². The van der Waals surface area contributed by atoms with Crippen LogP contribution in [-0.2, 0) is 31.2 Å². The molecule has 38 valence electrons. The maximum Gasteiger partial charge on any atom is 0.261 e. The second-order valence-electron chi connectivity index (χ2n) is 0.733. The van der Waals surface area contributed by atoms with Crippen molar-refractivity contribution in [3.8, 4) is 0 Å². The Kier molecular flexibility index (Phi) is 4.43. The molecule has 0 heterocycles. The summed E-state index contributed by atoms with van der Waals surface area (Å²) in [7, 11) is -3.67. The molecule has 5 heteroatoms. The maximum absolute atomic E-state index is 9.19. The van der Waals surface area contributed by atoms with Crippen molar-refractivity contribution < 1.29 is 34.0 Å². The first-order valence-electron chi connectivity index (χ1n) is 0.924. The minimum absolute atomic E-state index is 0. The zero-order valence-electron chi connectivity index (χ0n) is 3.08. The Labute approximate surface area is 50.8 Å². The molecule has 0 amide bonds. The van der Waals surface area contributed by atoms with E-state index in [0.717, 1.165) is 0 Å².